The summed E-state index contributed by atoms with van der Waals surface area (Å²) < 4.78 is 13.9. The van der Waals surface area contributed by atoms with E-state index in [1.807, 2.05) is 85.2 Å². The molecule has 0 aliphatic rings. The fourth-order valence-corrected chi connectivity index (χ4v) is 11.4. The summed E-state index contributed by atoms with van der Waals surface area (Å²) in [5.41, 5.74) is 15.0. The summed E-state index contributed by atoms with van der Waals surface area (Å²) in [5.74, 6) is -3.93. The molecule has 4 atom stereocenters. The van der Waals surface area contributed by atoms with Crippen LogP contribution in [-0.2, 0) is 70.3 Å². The number of benzene rings is 6. The van der Waals surface area contributed by atoms with Crippen molar-refractivity contribution in [2.45, 2.75) is 168 Å². The lowest BCUT2D eigenvalue weighted by Crippen LogP contribution is -2.45. The first-order valence-corrected chi connectivity index (χ1v) is 38.5. The smallest absolute Gasteiger partial charge is 0.319 e. The van der Waals surface area contributed by atoms with E-state index in [4.69, 9.17) is 20.9 Å². The van der Waals surface area contributed by atoms with E-state index >= 15 is 0 Å². The largest absolute Gasteiger partial charge is 0.460 e. The minimum atomic E-state index is -1.12. The average molecular weight is 1800 g/mol. The highest BCUT2D eigenvalue weighted by Crippen LogP contribution is 2.24. The monoisotopic (exact) mass is 1790 g/mol. The first-order chi connectivity index (χ1) is 52.8. The van der Waals surface area contributed by atoms with Crippen molar-refractivity contribution in [3.8, 4) is 0 Å². The van der Waals surface area contributed by atoms with Gasteiger partial charge >= 0.3 is 36.1 Å². The lowest BCUT2D eigenvalue weighted by atomic mass is 9.98. The minimum Gasteiger partial charge on any atom is -0.460 e. The van der Waals surface area contributed by atoms with Crippen LogP contribution in [0.3, 0.4) is 0 Å². The summed E-state index contributed by atoms with van der Waals surface area (Å²) in [6, 6.07) is 37.5. The molecule has 32 heteroatoms. The van der Waals surface area contributed by atoms with Gasteiger partial charge in [-0.05, 0) is 176 Å². The highest BCUT2D eigenvalue weighted by Gasteiger charge is 2.29. The van der Waals surface area contributed by atoms with Crippen LogP contribution in [-0.4, -0.2) is 128 Å². The number of ketones is 6. The van der Waals surface area contributed by atoms with Crippen LogP contribution < -0.4 is 54.0 Å². The molecule has 2 unspecified atom stereocenters. The van der Waals surface area contributed by atoms with Gasteiger partial charge in [0.25, 0.3) is 0 Å². The number of esters is 2. The third-order valence-electron chi connectivity index (χ3n) is 15.6. The van der Waals surface area contributed by atoms with Gasteiger partial charge in [0.1, 0.15) is 22.8 Å². The predicted octanol–water partition coefficient (Wildman–Crippen LogP) is 14.2. The number of nitrogens with two attached hydrogens (primary N) is 2. The Hall–Kier alpha value is -10.7. The molecule has 0 radical (unpaired) electrons. The number of Topliss-reactive ketones (excluding diaryl/α,β-unsaturated/α-hetero) is 6. The van der Waals surface area contributed by atoms with Crippen molar-refractivity contribution in [1.82, 2.24) is 31.2 Å². The highest BCUT2D eigenvalue weighted by molar-refractivity contribution is 9.11. The number of para-hydroxylation sites is 2. The summed E-state index contributed by atoms with van der Waals surface area (Å²) in [4.78, 5) is 174. The zero-order valence-electron chi connectivity index (χ0n) is 63.0. The number of primary amides is 2. The first-order valence-electron chi connectivity index (χ1n) is 35.3. The highest BCUT2D eigenvalue weighted by atomic mass is 79.9. The van der Waals surface area contributed by atoms with Crippen LogP contribution in [0.15, 0.2) is 176 Å². The molecule has 28 nitrogen and oxygen atoms in total. The molecule has 8 aromatic rings. The molecule has 596 valence electrons. The molecule has 0 spiro atoms. The molecule has 0 bridgehead atoms. The number of hydrogen-bond acceptors (Lipinski definition) is 16. The first kappa shape index (κ1) is 91.9. The Balaban J connectivity index is 0.000000269. The van der Waals surface area contributed by atoms with E-state index < -0.39 is 94.8 Å². The third kappa shape index (κ3) is 36.0. The van der Waals surface area contributed by atoms with Crippen LogP contribution in [0.4, 0.5) is 41.9 Å². The Labute approximate surface area is 681 Å². The Morgan fingerprint density at radius 2 is 0.607 bits per heavy atom. The number of carbonyl (C=O) groups excluding carboxylic acids is 14. The quantitative estimate of drug-likeness (QED) is 0.0174. The van der Waals surface area contributed by atoms with Crippen molar-refractivity contribution in [2.75, 3.05) is 21.3 Å². The maximum Gasteiger partial charge on any atom is 0.319 e. The number of H-pyrrole nitrogens is 2. The summed E-state index contributed by atoms with van der Waals surface area (Å²) in [6.45, 7) is 13.3. The van der Waals surface area contributed by atoms with Gasteiger partial charge in [-0.2, -0.15) is 0 Å². The van der Waals surface area contributed by atoms with Crippen LogP contribution in [0, 0.1) is 0 Å². The number of urea groups is 4. The molecule has 0 aliphatic carbocycles. The summed E-state index contributed by atoms with van der Waals surface area (Å²) in [7, 11) is 0. The van der Waals surface area contributed by atoms with Crippen molar-refractivity contribution >= 4 is 191 Å². The van der Waals surface area contributed by atoms with Gasteiger partial charge in [-0.1, -0.05) is 100 Å². The predicted molar refractivity (Wildman–Crippen MR) is 442 cm³/mol. The van der Waals surface area contributed by atoms with Crippen LogP contribution in [0.5, 0.6) is 0 Å². The molecule has 0 saturated carbocycles. The van der Waals surface area contributed by atoms with Crippen LogP contribution in [0.1, 0.15) is 131 Å². The normalized spacial score (nSPS) is 11.9. The number of rotatable bonds is 32. The number of ether oxygens (including phenoxy) is 2. The van der Waals surface area contributed by atoms with E-state index in [1.54, 1.807) is 114 Å². The number of aromatic amines is 2. The summed E-state index contributed by atoms with van der Waals surface area (Å²) in [5, 5.41) is 23.0. The fraction of sp³-hybridized carbons (Fsp3) is 0.325. The Morgan fingerprint density at radius 3 is 0.866 bits per heavy atom. The number of amides is 10. The van der Waals surface area contributed by atoms with Gasteiger partial charge < -0.3 is 83.0 Å². The molecule has 2 heterocycles. The van der Waals surface area contributed by atoms with Gasteiger partial charge in [0.15, 0.2) is 23.1 Å². The SMILES string of the molecule is CC(=O)CCC(=O)C(CC(N)=O)NC(=O)Nc1ccc(Br)cc1.CC(=O)CCC(=O)[C@H](Cc1c[nH]c2ccccc12)NC(=O)Nc1ccc(Br)cc1.CC(C)(C)OC(=O)CCC(=O)C(CC(N)=O)NC(=O)Nc1ccc(Br)cc1.CC(C)(C)OC(=O)CCC(=O)[C@H](Cc1c[nH]c2ccccc12)NC(=O)Nc1ccc(Br)cc1. The van der Waals surface area contributed by atoms with E-state index in [0.717, 1.165) is 50.8 Å². The zero-order valence-corrected chi connectivity index (χ0v) is 69.3. The molecule has 0 aliphatic heterocycles. The maximum absolute atomic E-state index is 13.0. The molecule has 6 aromatic carbocycles. The van der Waals surface area contributed by atoms with Crippen LogP contribution in [0.25, 0.3) is 21.8 Å². The van der Waals surface area contributed by atoms with Gasteiger partial charge in [-0.15, -0.1) is 0 Å². The number of anilines is 4. The second-order valence-electron chi connectivity index (χ2n) is 27.5. The number of halogens is 4. The van der Waals surface area contributed by atoms with Gasteiger partial charge in [0.2, 0.25) is 11.8 Å². The van der Waals surface area contributed by atoms with E-state index in [-0.39, 0.29) is 87.3 Å². The molecular weight excluding hydrogens is 1700 g/mol. The molecular formula is C80H92Br4N12O16. The van der Waals surface area contributed by atoms with E-state index in [0.29, 0.717) is 35.6 Å². The molecule has 14 N–H and O–H groups in total. The lowest BCUT2D eigenvalue weighted by molar-refractivity contribution is -0.156. The van der Waals surface area contributed by atoms with E-state index in [9.17, 15) is 67.1 Å². The number of aromatic nitrogens is 2. The standard InChI is InChI=1S/C25H28BrN3O4.C22H22BrN3O3.C18H24BrN3O5.C15H18BrN3O4/c1-25(2,3)33-23(31)13-12-22(30)21(14-16-15-27-20-7-5-4-6-19(16)20)29-24(32)28-18-10-8-17(26)9-11-18;1-14(27)6-11-21(28)20(12-15-13-24-19-5-3-2-4-18(15)19)26-22(29)25-17-9-7-16(23)8-10-17;1-18(2,3)27-16(25)9-8-14(23)13(10-15(20)24)22-17(26)21-12-6-4-11(19)5-7-12;1-9(20)2-7-13(21)12(8-14(17)22)19-15(23)18-11-5-3-10(16)4-6-11/h4-11,15,21,27H,12-14H2,1-3H3,(H2,28,29,32);2-5,7-10,13,20,24H,6,11-12H2,1H3,(H2,25,26,29);4-7,13H,8-10H2,1-3H3,(H2,20,24)(H2,21,22,26);3-6,12H,2,7-8H2,1H3,(H2,17,22)(H2,18,19,23)/t21-;20-;;/m00../s1. The second-order valence-corrected chi connectivity index (χ2v) is 31.2. The molecule has 112 heavy (non-hydrogen) atoms. The summed E-state index contributed by atoms with van der Waals surface area (Å²) in [6.07, 6.45) is 3.53. The van der Waals surface area contributed by atoms with Gasteiger partial charge in [0, 0.05) is 126 Å². The Bertz CT molecular complexity index is 4600. The van der Waals surface area contributed by atoms with E-state index in [2.05, 4.69) is 116 Å². The maximum atomic E-state index is 13.0. The molecule has 8 rings (SSSR count). The second kappa shape index (κ2) is 45.6. The third-order valence-corrected chi connectivity index (χ3v) is 17.7. The Morgan fingerprint density at radius 1 is 0.357 bits per heavy atom. The fourth-order valence-electron chi connectivity index (χ4n) is 10.4. The number of hydrogen-bond donors (Lipinski definition) is 12. The lowest BCUT2D eigenvalue weighted by Gasteiger charge is -2.20. The van der Waals surface area contributed by atoms with Gasteiger partial charge in [-0.25, -0.2) is 19.2 Å². The summed E-state index contributed by atoms with van der Waals surface area (Å²) >= 11 is 13.3. The van der Waals surface area contributed by atoms with Crippen molar-refractivity contribution in [2.24, 2.45) is 11.5 Å². The van der Waals surface area contributed by atoms with Crippen molar-refractivity contribution in [1.29, 1.82) is 0 Å². The van der Waals surface area contributed by atoms with E-state index in [1.165, 1.54) is 13.8 Å². The van der Waals surface area contributed by atoms with Crippen molar-refractivity contribution in [3.05, 3.63) is 187 Å². The van der Waals surface area contributed by atoms with Crippen molar-refractivity contribution < 1.29 is 76.6 Å². The van der Waals surface area contributed by atoms with Gasteiger partial charge in [0.05, 0.1) is 49.9 Å². The molecule has 2 aromatic heterocycles. The number of fused-ring (bicyclic) bond motifs is 2. The van der Waals surface area contributed by atoms with Gasteiger partial charge in [-0.3, -0.25) is 38.4 Å². The minimum absolute atomic E-state index is 0.0273. The molecule has 0 saturated heterocycles. The average Bonchev–Trinajstić information content (AvgIpc) is 1.68. The Kier molecular flexibility index (Phi) is 37.4. The number of carbonyl (C=O) groups is 14. The molecule has 0 fully saturated rings. The van der Waals surface area contributed by atoms with Crippen molar-refractivity contribution in [3.63, 3.8) is 0 Å². The van der Waals surface area contributed by atoms with Crippen LogP contribution in [0.2, 0.25) is 0 Å². The topological polar surface area (TPSA) is 437 Å². The molecule has 10 amide bonds. The number of nitrogens with one attached hydrogen (secondary N) is 10. The van der Waals surface area contributed by atoms with Crippen LogP contribution >= 0.6 is 63.7 Å². The zero-order chi connectivity index (χ0) is 82.8.